The number of rotatable bonds is 0. The zero-order chi connectivity index (χ0) is 11.7. The minimum Gasteiger partial charge on any atom is -0.365 e. The summed E-state index contributed by atoms with van der Waals surface area (Å²) in [6.45, 7) is 3.42. The molecule has 4 nitrogen and oxygen atoms in total. The molecule has 2 heterocycles. The Morgan fingerprint density at radius 2 is 2.00 bits per heavy atom. The molecule has 0 unspecified atom stereocenters. The summed E-state index contributed by atoms with van der Waals surface area (Å²) in [6.07, 6.45) is 4.22. The highest BCUT2D eigenvalue weighted by atomic mass is 16.7. The third-order valence-corrected chi connectivity index (χ3v) is 5.35. The maximum atomic E-state index is 12.2. The lowest BCUT2D eigenvalue weighted by molar-refractivity contribution is -0.210. The third kappa shape index (κ3) is 1.12. The van der Waals surface area contributed by atoms with Crippen molar-refractivity contribution in [1.82, 2.24) is 0 Å². The standard InChI is InChI=1S/C13H18O4/c1-11-4-5-12(15-6-7-16-12)8-13(11)10(17-13)3-2-9(11)14/h10H,2-8H2,1H3/t10-,11-,13-/m0/s1. The monoisotopic (exact) mass is 238 g/mol. The van der Waals surface area contributed by atoms with E-state index in [4.69, 9.17) is 14.2 Å². The van der Waals surface area contributed by atoms with Crippen LogP contribution in [0.25, 0.3) is 0 Å². The van der Waals surface area contributed by atoms with Crippen LogP contribution in [0.4, 0.5) is 0 Å². The number of hydrogen-bond acceptors (Lipinski definition) is 4. The smallest absolute Gasteiger partial charge is 0.171 e. The van der Waals surface area contributed by atoms with Gasteiger partial charge in [0.05, 0.1) is 24.7 Å². The van der Waals surface area contributed by atoms with Crippen LogP contribution in [0.2, 0.25) is 0 Å². The fourth-order valence-electron chi connectivity index (χ4n) is 4.15. The number of carbonyl (C=O) groups excluding carboxylic acids is 1. The van der Waals surface area contributed by atoms with E-state index >= 15 is 0 Å². The van der Waals surface area contributed by atoms with Crippen LogP contribution >= 0.6 is 0 Å². The predicted octanol–water partition coefficient (Wildman–Crippen LogP) is 1.42. The Labute approximate surface area is 101 Å². The summed E-state index contributed by atoms with van der Waals surface area (Å²) < 4.78 is 17.5. The van der Waals surface area contributed by atoms with Crippen LogP contribution < -0.4 is 0 Å². The van der Waals surface area contributed by atoms with Crippen molar-refractivity contribution < 1.29 is 19.0 Å². The lowest BCUT2D eigenvalue weighted by atomic mass is 9.58. The van der Waals surface area contributed by atoms with Crippen LogP contribution in [0, 0.1) is 5.41 Å². The Morgan fingerprint density at radius 1 is 1.24 bits per heavy atom. The molecule has 2 aliphatic heterocycles. The Balaban J connectivity index is 1.70. The highest BCUT2D eigenvalue weighted by Crippen LogP contribution is 2.65. The van der Waals surface area contributed by atoms with Crippen molar-refractivity contribution >= 4 is 5.78 Å². The van der Waals surface area contributed by atoms with Crippen LogP contribution in [0.15, 0.2) is 0 Å². The second-order valence-electron chi connectivity index (χ2n) is 6.07. The lowest BCUT2D eigenvalue weighted by Gasteiger charge is -2.47. The van der Waals surface area contributed by atoms with Crippen LogP contribution in [0.5, 0.6) is 0 Å². The van der Waals surface area contributed by atoms with Gasteiger partial charge in [0, 0.05) is 19.3 Å². The first-order chi connectivity index (χ1) is 8.10. The molecule has 0 aromatic carbocycles. The molecular formula is C13H18O4. The molecule has 17 heavy (non-hydrogen) atoms. The molecule has 4 fully saturated rings. The van der Waals surface area contributed by atoms with Crippen molar-refractivity contribution in [2.75, 3.05) is 13.2 Å². The molecular weight excluding hydrogens is 220 g/mol. The van der Waals surface area contributed by atoms with Gasteiger partial charge in [-0.2, -0.15) is 0 Å². The minimum atomic E-state index is -0.452. The molecule has 2 saturated heterocycles. The summed E-state index contributed by atoms with van der Waals surface area (Å²) >= 11 is 0. The molecule has 94 valence electrons. The van der Waals surface area contributed by atoms with E-state index in [2.05, 4.69) is 6.92 Å². The van der Waals surface area contributed by atoms with E-state index in [9.17, 15) is 4.79 Å². The molecule has 2 saturated carbocycles. The molecule has 4 heteroatoms. The Bertz CT molecular complexity index is 387. The zero-order valence-electron chi connectivity index (χ0n) is 10.2. The SMILES string of the molecule is C[C@@]12CCC3(C[C@@]14O[C@H]4CCC2=O)OCCO3. The van der Waals surface area contributed by atoms with E-state index in [1.807, 2.05) is 0 Å². The molecule has 4 aliphatic rings. The molecule has 0 radical (unpaired) electrons. The number of Topliss-reactive ketones (excluding diaryl/α,β-unsaturated/α-hetero) is 1. The Morgan fingerprint density at radius 3 is 2.76 bits per heavy atom. The molecule has 0 amide bonds. The Hall–Kier alpha value is -0.450. The van der Waals surface area contributed by atoms with E-state index in [1.165, 1.54) is 0 Å². The van der Waals surface area contributed by atoms with E-state index in [0.29, 0.717) is 25.4 Å². The Kier molecular flexibility index (Phi) is 1.80. The summed E-state index contributed by atoms with van der Waals surface area (Å²) in [5.74, 6) is -0.0783. The molecule has 0 aromatic rings. The summed E-state index contributed by atoms with van der Waals surface area (Å²) in [7, 11) is 0. The van der Waals surface area contributed by atoms with Gasteiger partial charge in [-0.3, -0.25) is 4.79 Å². The molecule has 0 bridgehead atoms. The number of epoxide rings is 1. The van der Waals surface area contributed by atoms with E-state index in [-0.39, 0.29) is 17.1 Å². The van der Waals surface area contributed by atoms with Crippen LogP contribution in [-0.2, 0) is 19.0 Å². The van der Waals surface area contributed by atoms with Crippen LogP contribution in [0.3, 0.4) is 0 Å². The summed E-state index contributed by atoms with van der Waals surface area (Å²) in [5.41, 5.74) is -0.568. The van der Waals surface area contributed by atoms with E-state index in [1.54, 1.807) is 0 Å². The van der Waals surface area contributed by atoms with Crippen molar-refractivity contribution in [2.45, 2.75) is 56.5 Å². The average Bonchev–Trinajstić information content (AvgIpc) is 2.83. The van der Waals surface area contributed by atoms with E-state index in [0.717, 1.165) is 25.7 Å². The molecule has 0 aromatic heterocycles. The summed E-state index contributed by atoms with van der Waals surface area (Å²) in [6, 6.07) is 0. The quantitative estimate of drug-likeness (QED) is 0.599. The second-order valence-corrected chi connectivity index (χ2v) is 6.07. The van der Waals surface area contributed by atoms with Crippen LogP contribution in [0.1, 0.15) is 39.0 Å². The van der Waals surface area contributed by atoms with Gasteiger partial charge in [0.15, 0.2) is 5.79 Å². The zero-order valence-corrected chi connectivity index (χ0v) is 10.2. The maximum absolute atomic E-state index is 12.2. The molecule has 2 aliphatic carbocycles. The largest absolute Gasteiger partial charge is 0.365 e. The van der Waals surface area contributed by atoms with Gasteiger partial charge < -0.3 is 14.2 Å². The number of carbonyl (C=O) groups is 1. The number of hydrogen-bond donors (Lipinski definition) is 0. The van der Waals surface area contributed by atoms with E-state index < -0.39 is 5.79 Å². The van der Waals surface area contributed by atoms with Crippen molar-refractivity contribution in [3.05, 3.63) is 0 Å². The van der Waals surface area contributed by atoms with Crippen LogP contribution in [-0.4, -0.2) is 36.5 Å². The van der Waals surface area contributed by atoms with Gasteiger partial charge in [-0.15, -0.1) is 0 Å². The molecule has 0 N–H and O–H groups in total. The summed E-state index contributed by atoms with van der Waals surface area (Å²) in [5, 5.41) is 0. The summed E-state index contributed by atoms with van der Waals surface area (Å²) in [4.78, 5) is 12.2. The van der Waals surface area contributed by atoms with Gasteiger partial charge in [-0.1, -0.05) is 0 Å². The van der Waals surface area contributed by atoms with Gasteiger partial charge in [-0.05, 0) is 19.8 Å². The second kappa shape index (κ2) is 2.92. The first-order valence-electron chi connectivity index (χ1n) is 6.59. The molecule has 2 spiro atoms. The van der Waals surface area contributed by atoms with Gasteiger partial charge in [0.1, 0.15) is 11.4 Å². The van der Waals surface area contributed by atoms with Gasteiger partial charge in [0.25, 0.3) is 0 Å². The van der Waals surface area contributed by atoms with Crippen molar-refractivity contribution in [3.8, 4) is 0 Å². The highest BCUT2D eigenvalue weighted by molar-refractivity contribution is 5.88. The fraction of sp³-hybridized carbons (Fsp3) is 0.923. The maximum Gasteiger partial charge on any atom is 0.171 e. The van der Waals surface area contributed by atoms with Gasteiger partial charge >= 0.3 is 0 Å². The third-order valence-electron chi connectivity index (χ3n) is 5.35. The molecule has 3 atom stereocenters. The van der Waals surface area contributed by atoms with Crippen molar-refractivity contribution in [2.24, 2.45) is 5.41 Å². The number of ketones is 1. The predicted molar refractivity (Wildman–Crippen MR) is 58.4 cm³/mol. The topological polar surface area (TPSA) is 48.1 Å². The van der Waals surface area contributed by atoms with Gasteiger partial charge in [-0.25, -0.2) is 0 Å². The molecule has 4 rings (SSSR count). The number of ether oxygens (including phenoxy) is 3. The minimum absolute atomic E-state index is 0.259. The van der Waals surface area contributed by atoms with Gasteiger partial charge in [0.2, 0.25) is 0 Å². The normalized spacial score (nSPS) is 51.1. The average molecular weight is 238 g/mol. The lowest BCUT2D eigenvalue weighted by Crippen LogP contribution is -2.56. The first-order valence-corrected chi connectivity index (χ1v) is 6.59. The van der Waals surface area contributed by atoms with Crippen molar-refractivity contribution in [1.29, 1.82) is 0 Å². The fourth-order valence-corrected chi connectivity index (χ4v) is 4.15. The first kappa shape index (κ1) is 10.5. The van der Waals surface area contributed by atoms with Crippen molar-refractivity contribution in [3.63, 3.8) is 0 Å². The highest BCUT2D eigenvalue weighted by Gasteiger charge is 2.75.